The molecule has 3 fully saturated rings. The highest BCUT2D eigenvalue weighted by molar-refractivity contribution is 6.31. The van der Waals surface area contributed by atoms with E-state index in [9.17, 15) is 9.59 Å². The van der Waals surface area contributed by atoms with Crippen molar-refractivity contribution in [1.29, 1.82) is 0 Å². The van der Waals surface area contributed by atoms with Gasteiger partial charge in [0.25, 0.3) is 0 Å². The Bertz CT molecular complexity index is 918. The van der Waals surface area contributed by atoms with Gasteiger partial charge >= 0.3 is 0 Å². The number of halogens is 2. The highest BCUT2D eigenvalue weighted by Crippen LogP contribution is 2.78. The van der Waals surface area contributed by atoms with E-state index in [1.54, 1.807) is 31.2 Å². The van der Waals surface area contributed by atoms with Gasteiger partial charge in [0.1, 0.15) is 0 Å². The molecule has 2 aromatic rings. The number of ketones is 2. The molecule has 2 saturated carbocycles. The average Bonchev–Trinajstić information content (AvgIpc) is 3.47. The number of carbonyl (C=O) groups excluding carboxylic acids is 2. The molecule has 0 unspecified atom stereocenters. The Hall–Kier alpha value is -1.68. The molecule has 0 amide bonds. The molecular formula is C21H16Cl2O3. The quantitative estimate of drug-likeness (QED) is 0.725. The van der Waals surface area contributed by atoms with Crippen molar-refractivity contribution in [2.45, 2.75) is 31.0 Å². The number of hydrogen-bond acceptors (Lipinski definition) is 3. The summed E-state index contributed by atoms with van der Waals surface area (Å²) >= 11 is 12.1. The number of epoxide rings is 1. The summed E-state index contributed by atoms with van der Waals surface area (Å²) < 4.78 is 5.52. The monoisotopic (exact) mass is 386 g/mol. The van der Waals surface area contributed by atoms with E-state index in [0.717, 1.165) is 11.1 Å². The van der Waals surface area contributed by atoms with Crippen molar-refractivity contribution < 1.29 is 14.3 Å². The second-order valence-electron chi connectivity index (χ2n) is 7.79. The Morgan fingerprint density at radius 3 is 1.73 bits per heavy atom. The van der Waals surface area contributed by atoms with Crippen LogP contribution in [-0.4, -0.2) is 23.3 Å². The van der Waals surface area contributed by atoms with Gasteiger partial charge in [-0.05, 0) is 42.3 Å². The SMILES string of the molecule is C[C@@]12O[C@@H]1C(=O)[C@]1(C)[C@H](C2=O)C1(c1ccc(Cl)cc1)c1ccc(Cl)cc1. The minimum atomic E-state index is -0.970. The van der Waals surface area contributed by atoms with E-state index >= 15 is 0 Å². The topological polar surface area (TPSA) is 46.7 Å². The molecule has 1 saturated heterocycles. The van der Waals surface area contributed by atoms with Crippen molar-refractivity contribution in [2.75, 3.05) is 0 Å². The summed E-state index contributed by atoms with van der Waals surface area (Å²) in [6, 6.07) is 14.9. The molecule has 26 heavy (non-hydrogen) atoms. The maximum Gasteiger partial charge on any atom is 0.172 e. The number of Topliss-reactive ketones (excluding diaryl/α,β-unsaturated/α-hetero) is 2. The molecule has 1 aliphatic heterocycles. The third-order valence-electron chi connectivity index (χ3n) is 6.65. The van der Waals surface area contributed by atoms with Crippen LogP contribution in [0.4, 0.5) is 0 Å². The first-order valence-corrected chi connectivity index (χ1v) is 9.32. The molecule has 0 bridgehead atoms. The van der Waals surface area contributed by atoms with Crippen LogP contribution in [0.25, 0.3) is 0 Å². The van der Waals surface area contributed by atoms with E-state index in [0.29, 0.717) is 10.0 Å². The van der Waals surface area contributed by atoms with Crippen molar-refractivity contribution in [3.63, 3.8) is 0 Å². The van der Waals surface area contributed by atoms with E-state index in [2.05, 4.69) is 0 Å². The molecule has 2 aromatic carbocycles. The van der Waals surface area contributed by atoms with Crippen LogP contribution in [0.3, 0.4) is 0 Å². The van der Waals surface area contributed by atoms with E-state index in [-0.39, 0.29) is 11.6 Å². The Kier molecular flexibility index (Phi) is 3.03. The van der Waals surface area contributed by atoms with Crippen LogP contribution in [0.15, 0.2) is 48.5 Å². The zero-order valence-electron chi connectivity index (χ0n) is 14.3. The summed E-state index contributed by atoms with van der Waals surface area (Å²) in [6.07, 6.45) is -0.627. The fourth-order valence-corrected chi connectivity index (χ4v) is 5.45. The number of hydrogen-bond donors (Lipinski definition) is 0. The van der Waals surface area contributed by atoms with Crippen molar-refractivity contribution >= 4 is 34.8 Å². The number of benzene rings is 2. The molecule has 0 radical (unpaired) electrons. The fraction of sp³-hybridized carbons (Fsp3) is 0.333. The van der Waals surface area contributed by atoms with Crippen molar-refractivity contribution in [1.82, 2.24) is 0 Å². The lowest BCUT2D eigenvalue weighted by molar-refractivity contribution is -0.132. The molecule has 2 aliphatic carbocycles. The molecule has 5 rings (SSSR count). The van der Waals surface area contributed by atoms with E-state index in [1.807, 2.05) is 31.2 Å². The number of fused-ring (bicyclic) bond motifs is 2. The van der Waals surface area contributed by atoms with Crippen LogP contribution in [0.2, 0.25) is 10.0 Å². The second kappa shape index (κ2) is 4.78. The smallest absolute Gasteiger partial charge is 0.172 e. The van der Waals surface area contributed by atoms with Crippen molar-refractivity contribution in [3.05, 3.63) is 69.7 Å². The van der Waals surface area contributed by atoms with Crippen LogP contribution >= 0.6 is 23.2 Å². The normalized spacial score (nSPS) is 36.3. The Labute approximate surface area is 161 Å². The fourth-order valence-electron chi connectivity index (χ4n) is 5.20. The van der Waals surface area contributed by atoms with E-state index in [4.69, 9.17) is 27.9 Å². The molecule has 3 nitrogen and oxygen atoms in total. The lowest BCUT2D eigenvalue weighted by Gasteiger charge is -2.23. The van der Waals surface area contributed by atoms with E-state index in [1.165, 1.54) is 0 Å². The van der Waals surface area contributed by atoms with Gasteiger partial charge in [-0.15, -0.1) is 0 Å². The standard InChI is InChI=1S/C21H16Cl2O3/c1-19-15(16(24)20(2)18(26-20)17(19)25)21(19,11-3-7-13(22)8-4-11)12-5-9-14(23)10-6-12/h3-10,15,18H,1-2H3/t15-,18+,19-,20-/m0/s1. The number of carbonyl (C=O) groups is 2. The van der Waals surface area contributed by atoms with Gasteiger partial charge in [-0.1, -0.05) is 54.4 Å². The molecule has 132 valence electrons. The molecule has 4 atom stereocenters. The maximum absolute atomic E-state index is 13.2. The lowest BCUT2D eigenvalue weighted by Crippen LogP contribution is -2.39. The Balaban J connectivity index is 1.77. The highest BCUT2D eigenvalue weighted by atomic mass is 35.5. The summed E-state index contributed by atoms with van der Waals surface area (Å²) in [5.74, 6) is -0.433. The lowest BCUT2D eigenvalue weighted by atomic mass is 9.78. The Morgan fingerprint density at radius 1 is 0.808 bits per heavy atom. The first-order valence-electron chi connectivity index (χ1n) is 8.56. The first-order chi connectivity index (χ1) is 12.3. The van der Waals surface area contributed by atoms with Crippen LogP contribution < -0.4 is 0 Å². The maximum atomic E-state index is 13.2. The van der Waals surface area contributed by atoms with Gasteiger partial charge in [0, 0.05) is 21.4 Å². The van der Waals surface area contributed by atoms with Gasteiger partial charge in [-0.25, -0.2) is 0 Å². The predicted octanol–water partition coefficient (Wildman–Crippen LogP) is 4.22. The zero-order chi connectivity index (χ0) is 18.5. The first kappa shape index (κ1) is 16.5. The largest absolute Gasteiger partial charge is 0.350 e. The van der Waals surface area contributed by atoms with Crippen LogP contribution in [-0.2, 0) is 19.7 Å². The third kappa shape index (κ3) is 1.65. The second-order valence-corrected chi connectivity index (χ2v) is 8.66. The summed E-state index contributed by atoms with van der Waals surface area (Å²) in [7, 11) is 0. The van der Waals surface area contributed by atoms with Crippen molar-refractivity contribution in [3.8, 4) is 0 Å². The summed E-state index contributed by atoms with van der Waals surface area (Å²) in [5.41, 5.74) is -0.670. The van der Waals surface area contributed by atoms with E-state index < -0.39 is 28.5 Å². The molecule has 0 aromatic heterocycles. The molecule has 5 heteroatoms. The molecule has 3 aliphatic rings. The van der Waals surface area contributed by atoms with Gasteiger partial charge in [-0.3, -0.25) is 9.59 Å². The number of rotatable bonds is 2. The predicted molar refractivity (Wildman–Crippen MR) is 98.6 cm³/mol. The van der Waals surface area contributed by atoms with Crippen LogP contribution in [0, 0.1) is 11.3 Å². The van der Waals surface area contributed by atoms with Gasteiger partial charge < -0.3 is 4.74 Å². The molecule has 0 spiro atoms. The average molecular weight is 387 g/mol. The van der Waals surface area contributed by atoms with Gasteiger partial charge in [0.05, 0.1) is 5.41 Å². The Morgan fingerprint density at radius 2 is 1.27 bits per heavy atom. The zero-order valence-corrected chi connectivity index (χ0v) is 15.8. The minimum Gasteiger partial charge on any atom is -0.350 e. The van der Waals surface area contributed by atoms with Crippen LogP contribution in [0.1, 0.15) is 25.0 Å². The minimum absolute atomic E-state index is 0.00880. The molecular weight excluding hydrogens is 371 g/mol. The summed E-state index contributed by atoms with van der Waals surface area (Å²) in [4.78, 5) is 26.5. The van der Waals surface area contributed by atoms with Gasteiger partial charge in [0.15, 0.2) is 23.3 Å². The van der Waals surface area contributed by atoms with Crippen molar-refractivity contribution in [2.24, 2.45) is 11.3 Å². The van der Waals surface area contributed by atoms with Gasteiger partial charge in [0.2, 0.25) is 0 Å². The third-order valence-corrected chi connectivity index (χ3v) is 7.16. The highest BCUT2D eigenvalue weighted by Gasteiger charge is 2.90. The van der Waals surface area contributed by atoms with Gasteiger partial charge in [-0.2, -0.15) is 0 Å². The molecule has 1 heterocycles. The summed E-state index contributed by atoms with van der Waals surface area (Å²) in [6.45, 7) is 3.62. The molecule has 0 N–H and O–H groups in total. The van der Waals surface area contributed by atoms with Crippen LogP contribution in [0.5, 0.6) is 0 Å². The summed E-state index contributed by atoms with van der Waals surface area (Å²) in [5, 5.41) is 1.23. The number of ether oxygens (including phenoxy) is 1.